The van der Waals surface area contributed by atoms with Gasteiger partial charge >= 0.3 is 0 Å². The number of imidazole rings is 1. The number of halogens is 1. The van der Waals surface area contributed by atoms with E-state index in [1.165, 1.54) is 0 Å². The molecule has 0 saturated heterocycles. The highest BCUT2D eigenvalue weighted by Crippen LogP contribution is 2.23. The van der Waals surface area contributed by atoms with Crippen molar-refractivity contribution in [3.8, 4) is 0 Å². The molecular formula is C25H25BrN4O2. The van der Waals surface area contributed by atoms with Gasteiger partial charge in [-0.2, -0.15) is 0 Å². The second kappa shape index (κ2) is 9.53. The molecule has 1 amide bonds. The quantitative estimate of drug-likeness (QED) is 0.537. The van der Waals surface area contributed by atoms with Crippen molar-refractivity contribution < 1.29 is 9.59 Å². The zero-order valence-corrected chi connectivity index (χ0v) is 19.5. The van der Waals surface area contributed by atoms with Crippen molar-refractivity contribution >= 4 is 38.7 Å². The van der Waals surface area contributed by atoms with Crippen LogP contribution < -0.4 is 5.62 Å². The molecule has 1 aliphatic rings. The summed E-state index contributed by atoms with van der Waals surface area (Å²) in [5, 5.41) is 8.73. The summed E-state index contributed by atoms with van der Waals surface area (Å²) in [6.07, 6.45) is 5.25. The first kappa shape index (κ1) is 22.0. The van der Waals surface area contributed by atoms with Crippen molar-refractivity contribution in [2.24, 2.45) is 0 Å². The van der Waals surface area contributed by atoms with Crippen LogP contribution in [0.3, 0.4) is 0 Å². The summed E-state index contributed by atoms with van der Waals surface area (Å²) in [6, 6.07) is 17.4. The van der Waals surface area contributed by atoms with Gasteiger partial charge in [0.15, 0.2) is 5.78 Å². The second-order valence-electron chi connectivity index (χ2n) is 7.95. The lowest BCUT2D eigenvalue weighted by molar-refractivity contribution is -0.131. The number of allylic oxidation sites excluding steroid dienone is 4. The standard InChI is InChI=1S/C25H25BrN4O2/c1-28(15-18-7-3-2-4-8-18)24(32)17-30-22-10-6-5-9-21(22)29(25(30)27)16-23(31)19-11-13-20(26)14-12-19/h2-11,13,27H,12,14-17H2,1H3. The minimum Gasteiger partial charge on any atom is -0.340 e. The molecule has 7 heteroatoms. The van der Waals surface area contributed by atoms with Crippen molar-refractivity contribution in [3.05, 3.63) is 88.0 Å². The summed E-state index contributed by atoms with van der Waals surface area (Å²) >= 11 is 3.47. The molecule has 0 saturated carbocycles. The third-order valence-corrected chi connectivity index (χ3v) is 6.38. The fourth-order valence-corrected chi connectivity index (χ4v) is 4.24. The predicted molar refractivity (Wildman–Crippen MR) is 128 cm³/mol. The molecule has 0 atom stereocenters. The molecule has 0 spiro atoms. The molecule has 1 N–H and O–H groups in total. The zero-order chi connectivity index (χ0) is 22.7. The molecule has 6 nitrogen and oxygen atoms in total. The summed E-state index contributed by atoms with van der Waals surface area (Å²) in [5.41, 5.74) is 3.50. The lowest BCUT2D eigenvalue weighted by Crippen LogP contribution is -2.35. The van der Waals surface area contributed by atoms with Gasteiger partial charge in [0.2, 0.25) is 11.5 Å². The molecule has 1 heterocycles. The predicted octanol–water partition coefficient (Wildman–Crippen LogP) is 4.15. The zero-order valence-electron chi connectivity index (χ0n) is 17.9. The first-order chi connectivity index (χ1) is 15.4. The Kier molecular flexibility index (Phi) is 6.55. The number of para-hydroxylation sites is 2. The van der Waals surface area contributed by atoms with Crippen LogP contribution in [-0.2, 0) is 29.2 Å². The van der Waals surface area contributed by atoms with Crippen LogP contribution >= 0.6 is 15.9 Å². The Balaban J connectivity index is 1.59. The maximum absolute atomic E-state index is 12.9. The number of carbonyl (C=O) groups is 2. The average Bonchev–Trinajstić information content (AvgIpc) is 3.06. The Hall–Kier alpha value is -3.19. The van der Waals surface area contributed by atoms with Crippen molar-refractivity contribution in [1.82, 2.24) is 14.0 Å². The maximum atomic E-state index is 12.9. The average molecular weight is 493 g/mol. The second-order valence-corrected chi connectivity index (χ2v) is 8.97. The Morgan fingerprint density at radius 1 is 0.938 bits per heavy atom. The van der Waals surface area contributed by atoms with Gasteiger partial charge in [0, 0.05) is 13.6 Å². The number of benzene rings is 2. The van der Waals surface area contributed by atoms with Crippen LogP contribution in [0, 0.1) is 5.41 Å². The number of ketones is 1. The van der Waals surface area contributed by atoms with Crippen molar-refractivity contribution in [1.29, 1.82) is 5.41 Å². The largest absolute Gasteiger partial charge is 0.340 e. The SMILES string of the molecule is CN(Cc1ccccc1)C(=O)Cn1c(=N)n(CC(=O)C2=CC=C(Br)CC2)c2ccccc21. The number of amides is 1. The minimum absolute atomic E-state index is 0.00447. The monoisotopic (exact) mass is 492 g/mol. The van der Waals surface area contributed by atoms with E-state index in [1.807, 2.05) is 66.7 Å². The topological polar surface area (TPSA) is 71.1 Å². The first-order valence-corrected chi connectivity index (χ1v) is 11.3. The molecule has 164 valence electrons. The molecule has 3 aromatic rings. The van der Waals surface area contributed by atoms with E-state index in [4.69, 9.17) is 5.41 Å². The van der Waals surface area contributed by atoms with Crippen molar-refractivity contribution in [2.45, 2.75) is 32.5 Å². The Morgan fingerprint density at radius 3 is 2.19 bits per heavy atom. The minimum atomic E-state index is -0.0911. The number of aromatic nitrogens is 2. The lowest BCUT2D eigenvalue weighted by Gasteiger charge is -2.18. The van der Waals surface area contributed by atoms with Gasteiger partial charge in [0.25, 0.3) is 0 Å². The number of nitrogens with one attached hydrogen (secondary N) is 1. The van der Waals surface area contributed by atoms with Gasteiger partial charge in [-0.3, -0.25) is 15.0 Å². The highest BCUT2D eigenvalue weighted by atomic mass is 79.9. The fourth-order valence-electron chi connectivity index (χ4n) is 3.91. The van der Waals surface area contributed by atoms with E-state index in [2.05, 4.69) is 15.9 Å². The first-order valence-electron chi connectivity index (χ1n) is 10.5. The summed E-state index contributed by atoms with van der Waals surface area (Å²) in [7, 11) is 1.77. The van der Waals surface area contributed by atoms with E-state index < -0.39 is 0 Å². The number of Topliss-reactive ketones (excluding diaryl/α,β-unsaturated/α-hetero) is 1. The normalized spacial score (nSPS) is 13.6. The van der Waals surface area contributed by atoms with Gasteiger partial charge in [-0.05, 0) is 40.6 Å². The van der Waals surface area contributed by atoms with Crippen molar-refractivity contribution in [3.63, 3.8) is 0 Å². The number of carbonyl (C=O) groups excluding carboxylic acids is 2. The van der Waals surface area contributed by atoms with E-state index in [9.17, 15) is 9.59 Å². The lowest BCUT2D eigenvalue weighted by atomic mass is 10.0. The molecule has 0 unspecified atom stereocenters. The molecule has 1 aromatic heterocycles. The molecule has 1 aliphatic carbocycles. The smallest absolute Gasteiger partial charge is 0.242 e. The van der Waals surface area contributed by atoms with Gasteiger partial charge in [-0.15, -0.1) is 0 Å². The van der Waals surface area contributed by atoms with Crippen LogP contribution in [-0.4, -0.2) is 32.8 Å². The van der Waals surface area contributed by atoms with E-state index in [1.54, 1.807) is 21.1 Å². The number of nitrogens with zero attached hydrogens (tertiary/aromatic N) is 3. The molecule has 0 bridgehead atoms. The third kappa shape index (κ3) is 4.67. The Morgan fingerprint density at radius 2 is 1.56 bits per heavy atom. The highest BCUT2D eigenvalue weighted by molar-refractivity contribution is 9.11. The summed E-state index contributed by atoms with van der Waals surface area (Å²) in [4.78, 5) is 27.5. The summed E-state index contributed by atoms with van der Waals surface area (Å²) < 4.78 is 4.45. The number of fused-ring (bicyclic) bond motifs is 1. The Labute approximate surface area is 195 Å². The number of hydrogen-bond donors (Lipinski definition) is 1. The number of rotatable bonds is 7. The Bertz CT molecular complexity index is 1280. The van der Waals surface area contributed by atoms with Gasteiger partial charge < -0.3 is 14.0 Å². The molecule has 0 aliphatic heterocycles. The van der Waals surface area contributed by atoms with Crippen LogP contribution in [0.4, 0.5) is 0 Å². The molecular weight excluding hydrogens is 468 g/mol. The van der Waals surface area contributed by atoms with Gasteiger partial charge in [0.05, 0.1) is 17.6 Å². The van der Waals surface area contributed by atoms with E-state index >= 15 is 0 Å². The molecule has 32 heavy (non-hydrogen) atoms. The van der Waals surface area contributed by atoms with Gasteiger partial charge in [-0.1, -0.05) is 70.5 Å². The van der Waals surface area contributed by atoms with Crippen LogP contribution in [0.5, 0.6) is 0 Å². The van der Waals surface area contributed by atoms with Crippen molar-refractivity contribution in [2.75, 3.05) is 7.05 Å². The highest BCUT2D eigenvalue weighted by Gasteiger charge is 2.19. The van der Waals surface area contributed by atoms with Crippen LogP contribution in [0.15, 0.2) is 76.8 Å². The number of likely N-dealkylation sites (N-methyl/N-ethyl adjacent to an activating group) is 1. The summed E-state index contributed by atoms with van der Waals surface area (Å²) in [6.45, 7) is 0.627. The van der Waals surface area contributed by atoms with E-state index in [-0.39, 0.29) is 30.4 Å². The van der Waals surface area contributed by atoms with Gasteiger partial charge in [0.1, 0.15) is 6.54 Å². The number of hydrogen-bond acceptors (Lipinski definition) is 3. The fraction of sp³-hybridized carbons (Fsp3) is 0.240. The molecule has 0 fully saturated rings. The van der Waals surface area contributed by atoms with E-state index in [0.717, 1.165) is 33.1 Å². The summed E-state index contributed by atoms with van der Waals surface area (Å²) in [5.74, 6) is -0.0956. The van der Waals surface area contributed by atoms with Gasteiger partial charge in [-0.25, -0.2) is 0 Å². The van der Waals surface area contributed by atoms with Crippen LogP contribution in [0.25, 0.3) is 11.0 Å². The third-order valence-electron chi connectivity index (χ3n) is 5.71. The molecule has 4 rings (SSSR count). The van der Waals surface area contributed by atoms with Crippen LogP contribution in [0.2, 0.25) is 0 Å². The molecule has 0 radical (unpaired) electrons. The van der Waals surface area contributed by atoms with E-state index in [0.29, 0.717) is 13.0 Å². The maximum Gasteiger partial charge on any atom is 0.242 e. The molecule has 2 aromatic carbocycles. The van der Waals surface area contributed by atoms with Crippen LogP contribution in [0.1, 0.15) is 18.4 Å².